The van der Waals surface area contributed by atoms with Crippen molar-refractivity contribution >= 4 is 17.4 Å². The Morgan fingerprint density at radius 3 is 2.38 bits per heavy atom. The molecule has 0 aromatic heterocycles. The molecule has 2 aliphatic rings. The Kier molecular flexibility index (Phi) is 6.35. The van der Waals surface area contributed by atoms with Gasteiger partial charge in [-0.05, 0) is 56.4 Å². The Bertz CT molecular complexity index is 504. The predicted octanol–water partition coefficient (Wildman–Crippen LogP) is 4.08. The number of carbonyl (C=O) groups excluding carboxylic acids is 1. The lowest BCUT2D eigenvalue weighted by Gasteiger charge is -2.23. The maximum Gasteiger partial charge on any atom is 0.321 e. The predicted molar refractivity (Wildman–Crippen MR) is 97.6 cm³/mol. The molecule has 1 aromatic carbocycles. The molecule has 2 heterocycles. The number of benzene rings is 1. The average Bonchev–Trinajstić information content (AvgIpc) is 2.91. The van der Waals surface area contributed by atoms with Crippen LogP contribution >= 0.6 is 0 Å². The summed E-state index contributed by atoms with van der Waals surface area (Å²) in [7, 11) is 0. The van der Waals surface area contributed by atoms with E-state index in [9.17, 15) is 4.79 Å². The van der Waals surface area contributed by atoms with Crippen molar-refractivity contribution in [1.29, 1.82) is 0 Å². The van der Waals surface area contributed by atoms with Crippen molar-refractivity contribution in [3.63, 3.8) is 0 Å². The zero-order valence-corrected chi connectivity index (χ0v) is 14.4. The molecule has 2 aliphatic heterocycles. The highest BCUT2D eigenvalue weighted by molar-refractivity contribution is 5.89. The van der Waals surface area contributed by atoms with Crippen LogP contribution in [0.15, 0.2) is 24.3 Å². The largest absolute Gasteiger partial charge is 0.382 e. The van der Waals surface area contributed by atoms with E-state index in [2.05, 4.69) is 10.6 Å². The van der Waals surface area contributed by atoms with Crippen LogP contribution in [0.2, 0.25) is 0 Å². The van der Waals surface area contributed by atoms with E-state index >= 15 is 0 Å². The molecule has 2 saturated heterocycles. The molecule has 2 amide bonds. The third kappa shape index (κ3) is 5.13. The number of nitrogens with zero attached hydrogens (tertiary/aromatic N) is 1. The van der Waals surface area contributed by atoms with E-state index < -0.39 is 0 Å². The fraction of sp³-hybridized carbons (Fsp3) is 0.632. The van der Waals surface area contributed by atoms with E-state index in [1.54, 1.807) is 0 Å². The maximum absolute atomic E-state index is 12.3. The first-order valence-electron chi connectivity index (χ1n) is 9.33. The first-order chi connectivity index (χ1) is 11.8. The molecule has 0 aliphatic carbocycles. The molecule has 1 unspecified atom stereocenters. The first-order valence-corrected chi connectivity index (χ1v) is 9.33. The Hall–Kier alpha value is -1.75. The lowest BCUT2D eigenvalue weighted by atomic mass is 10.1. The summed E-state index contributed by atoms with van der Waals surface area (Å²) in [6.07, 6.45) is 8.58. The fourth-order valence-corrected chi connectivity index (χ4v) is 3.35. The topological polar surface area (TPSA) is 53.6 Å². The zero-order valence-electron chi connectivity index (χ0n) is 14.4. The fourth-order valence-electron chi connectivity index (χ4n) is 3.35. The highest BCUT2D eigenvalue weighted by Gasteiger charge is 2.15. The van der Waals surface area contributed by atoms with Crippen molar-refractivity contribution in [3.8, 4) is 0 Å². The van der Waals surface area contributed by atoms with Crippen LogP contribution in [0.1, 0.15) is 44.9 Å². The van der Waals surface area contributed by atoms with Gasteiger partial charge in [0.05, 0.1) is 6.10 Å². The second kappa shape index (κ2) is 8.92. The Balaban J connectivity index is 1.45. The normalized spacial score (nSPS) is 21.8. The zero-order chi connectivity index (χ0) is 16.6. The summed E-state index contributed by atoms with van der Waals surface area (Å²) >= 11 is 0. The smallest absolute Gasteiger partial charge is 0.321 e. The van der Waals surface area contributed by atoms with Gasteiger partial charge in [-0.1, -0.05) is 12.8 Å². The average molecular weight is 331 g/mol. The molecule has 0 bridgehead atoms. The lowest BCUT2D eigenvalue weighted by molar-refractivity contribution is 0.0247. The van der Waals surface area contributed by atoms with Crippen molar-refractivity contribution in [2.75, 3.05) is 36.9 Å². The minimum Gasteiger partial charge on any atom is -0.382 e. The number of anilines is 2. The molecule has 0 spiro atoms. The number of hydrogen-bond donors (Lipinski definition) is 2. The van der Waals surface area contributed by atoms with Gasteiger partial charge in [0.25, 0.3) is 0 Å². The van der Waals surface area contributed by atoms with Gasteiger partial charge in [-0.3, -0.25) is 0 Å². The number of hydrogen-bond acceptors (Lipinski definition) is 3. The molecule has 1 aromatic rings. The van der Waals surface area contributed by atoms with Crippen LogP contribution in [0.25, 0.3) is 0 Å². The highest BCUT2D eigenvalue weighted by atomic mass is 16.5. The number of carbonyl (C=O) groups is 1. The number of amides is 2. The van der Waals surface area contributed by atoms with Gasteiger partial charge in [-0.2, -0.15) is 0 Å². The van der Waals surface area contributed by atoms with Crippen LogP contribution in [-0.2, 0) is 4.74 Å². The Morgan fingerprint density at radius 1 is 1.00 bits per heavy atom. The quantitative estimate of drug-likeness (QED) is 0.874. The minimum absolute atomic E-state index is 0.0215. The number of ether oxygens (including phenoxy) is 1. The Morgan fingerprint density at radius 2 is 1.71 bits per heavy atom. The molecular formula is C19H29N3O2. The van der Waals surface area contributed by atoms with Gasteiger partial charge in [0.15, 0.2) is 0 Å². The summed E-state index contributed by atoms with van der Waals surface area (Å²) in [6, 6.07) is 7.97. The van der Waals surface area contributed by atoms with E-state index in [4.69, 9.17) is 4.74 Å². The van der Waals surface area contributed by atoms with Crippen LogP contribution in [0.5, 0.6) is 0 Å². The van der Waals surface area contributed by atoms with Crippen molar-refractivity contribution in [1.82, 2.24) is 4.90 Å². The van der Waals surface area contributed by atoms with Gasteiger partial charge in [-0.15, -0.1) is 0 Å². The first kappa shape index (κ1) is 17.1. The van der Waals surface area contributed by atoms with Crippen molar-refractivity contribution in [3.05, 3.63) is 24.3 Å². The van der Waals surface area contributed by atoms with Gasteiger partial charge in [-0.25, -0.2) is 4.79 Å². The monoisotopic (exact) mass is 331 g/mol. The van der Waals surface area contributed by atoms with Crippen LogP contribution in [0.4, 0.5) is 16.2 Å². The standard InChI is InChI=1S/C19H29N3O2/c23-19(22-12-4-1-2-5-13-22)21-17-10-8-16(9-11-17)20-15-18-7-3-6-14-24-18/h8-11,18,20H,1-7,12-15H2,(H,21,23). The molecule has 0 radical (unpaired) electrons. The van der Waals surface area contributed by atoms with Gasteiger partial charge in [0.2, 0.25) is 0 Å². The number of nitrogens with one attached hydrogen (secondary N) is 2. The SMILES string of the molecule is O=C(Nc1ccc(NCC2CCCCO2)cc1)N1CCCCCC1. The summed E-state index contributed by atoms with van der Waals surface area (Å²) in [4.78, 5) is 14.3. The summed E-state index contributed by atoms with van der Waals surface area (Å²) in [5, 5.41) is 6.43. The minimum atomic E-state index is 0.0215. The molecule has 5 heteroatoms. The van der Waals surface area contributed by atoms with Gasteiger partial charge < -0.3 is 20.3 Å². The van der Waals surface area contributed by atoms with Crippen molar-refractivity contribution < 1.29 is 9.53 Å². The van der Waals surface area contributed by atoms with E-state index in [0.717, 1.165) is 56.9 Å². The number of rotatable bonds is 4. The molecule has 2 N–H and O–H groups in total. The highest BCUT2D eigenvalue weighted by Crippen LogP contribution is 2.17. The molecule has 0 saturated carbocycles. The van der Waals surface area contributed by atoms with E-state index in [0.29, 0.717) is 6.10 Å². The third-order valence-electron chi connectivity index (χ3n) is 4.84. The molecule has 2 fully saturated rings. The van der Waals surface area contributed by atoms with E-state index in [1.807, 2.05) is 29.2 Å². The van der Waals surface area contributed by atoms with E-state index in [-0.39, 0.29) is 6.03 Å². The molecule has 24 heavy (non-hydrogen) atoms. The summed E-state index contributed by atoms with van der Waals surface area (Å²) in [5.74, 6) is 0. The van der Waals surface area contributed by atoms with Crippen LogP contribution < -0.4 is 10.6 Å². The lowest BCUT2D eigenvalue weighted by Crippen LogP contribution is -2.35. The van der Waals surface area contributed by atoms with E-state index in [1.165, 1.54) is 25.7 Å². The van der Waals surface area contributed by atoms with Crippen LogP contribution in [-0.4, -0.2) is 43.3 Å². The van der Waals surface area contributed by atoms with Crippen molar-refractivity contribution in [2.24, 2.45) is 0 Å². The second-order valence-corrected chi connectivity index (χ2v) is 6.78. The maximum atomic E-state index is 12.3. The summed E-state index contributed by atoms with van der Waals surface area (Å²) in [6.45, 7) is 3.47. The van der Waals surface area contributed by atoms with Crippen LogP contribution in [0, 0.1) is 0 Å². The van der Waals surface area contributed by atoms with Gasteiger partial charge in [0, 0.05) is 37.6 Å². The molecule has 5 nitrogen and oxygen atoms in total. The van der Waals surface area contributed by atoms with Gasteiger partial charge in [0.1, 0.15) is 0 Å². The summed E-state index contributed by atoms with van der Waals surface area (Å²) < 4.78 is 5.73. The Labute approximate surface area is 144 Å². The molecule has 1 atom stereocenters. The van der Waals surface area contributed by atoms with Crippen molar-refractivity contribution in [2.45, 2.75) is 51.0 Å². The number of urea groups is 1. The number of likely N-dealkylation sites (tertiary alicyclic amines) is 1. The summed E-state index contributed by atoms with van der Waals surface area (Å²) in [5.41, 5.74) is 1.92. The molecular weight excluding hydrogens is 302 g/mol. The van der Waals surface area contributed by atoms with Crippen LogP contribution in [0.3, 0.4) is 0 Å². The third-order valence-corrected chi connectivity index (χ3v) is 4.84. The molecule has 132 valence electrons. The van der Waals surface area contributed by atoms with Gasteiger partial charge >= 0.3 is 6.03 Å². The second-order valence-electron chi connectivity index (χ2n) is 6.78. The molecule has 3 rings (SSSR count).